The smallest absolute Gasteiger partial charge is 0.147 e. The van der Waals surface area contributed by atoms with Crippen LogP contribution in [0.2, 0.25) is 0 Å². The molecule has 1 aliphatic heterocycles. The molecule has 6 nitrogen and oxygen atoms in total. The van der Waals surface area contributed by atoms with Gasteiger partial charge in [-0.2, -0.15) is 0 Å². The van der Waals surface area contributed by atoms with Crippen LogP contribution in [0.25, 0.3) is 66.9 Å². The molecule has 2 atom stereocenters. The normalized spacial score (nSPS) is 16.1. The molecule has 2 unspecified atom stereocenters. The molecule has 53 heavy (non-hydrogen) atoms. The number of hydrogen-bond donors (Lipinski definition) is 0. The molecule has 9 aromatic rings. The predicted octanol–water partition coefficient (Wildman–Crippen LogP) is 11.0. The molecule has 0 saturated heterocycles. The summed E-state index contributed by atoms with van der Waals surface area (Å²) in [5, 5.41) is 2.31. The molecule has 0 fully saturated rings. The highest BCUT2D eigenvalue weighted by Crippen LogP contribution is 2.56. The maximum Gasteiger partial charge on any atom is 0.147 e. The van der Waals surface area contributed by atoms with Gasteiger partial charge in [-0.25, -0.2) is 9.97 Å². The SMILES string of the molecule is C1=CC2c3c(c4c(nc(-c5ccncc5)n4-c4ccccn4)c4c5ccccc5n(-c5ccccc5)c34)N(c3ccc(-c4ccccc4)cc3)C2C=C1. The van der Waals surface area contributed by atoms with Gasteiger partial charge < -0.3 is 9.47 Å². The van der Waals surface area contributed by atoms with Crippen LogP contribution in [0.5, 0.6) is 0 Å². The monoisotopic (exact) mass is 680 g/mol. The van der Waals surface area contributed by atoms with Crippen molar-refractivity contribution in [2.24, 2.45) is 0 Å². The van der Waals surface area contributed by atoms with Crippen LogP contribution in [-0.4, -0.2) is 30.1 Å². The number of hydrogen-bond acceptors (Lipinski definition) is 4. The molecule has 0 saturated carbocycles. The molecule has 0 amide bonds. The minimum absolute atomic E-state index is 0.0464. The zero-order chi connectivity index (χ0) is 34.9. The first kappa shape index (κ1) is 29.7. The Morgan fingerprint density at radius 3 is 2.04 bits per heavy atom. The number of allylic oxidation sites excluding steroid dienone is 2. The predicted molar refractivity (Wildman–Crippen MR) is 215 cm³/mol. The highest BCUT2D eigenvalue weighted by atomic mass is 15.2. The van der Waals surface area contributed by atoms with E-state index in [0.717, 1.165) is 56.2 Å². The number of anilines is 2. The number of rotatable bonds is 5. The van der Waals surface area contributed by atoms with E-state index in [0.29, 0.717) is 0 Å². The first-order chi connectivity index (χ1) is 26.3. The van der Waals surface area contributed by atoms with Crippen molar-refractivity contribution in [1.82, 2.24) is 24.1 Å². The number of benzene rings is 5. The van der Waals surface area contributed by atoms with Crippen LogP contribution in [-0.2, 0) is 0 Å². The summed E-state index contributed by atoms with van der Waals surface area (Å²) in [5.74, 6) is 1.72. The highest BCUT2D eigenvalue weighted by Gasteiger charge is 2.43. The van der Waals surface area contributed by atoms with Crippen LogP contribution in [0.4, 0.5) is 11.4 Å². The van der Waals surface area contributed by atoms with Gasteiger partial charge in [-0.3, -0.25) is 9.55 Å². The fraction of sp³-hybridized carbons (Fsp3) is 0.0426. The molecule has 0 radical (unpaired) electrons. The highest BCUT2D eigenvalue weighted by molar-refractivity contribution is 6.25. The fourth-order valence-corrected chi connectivity index (χ4v) is 8.60. The van der Waals surface area contributed by atoms with Gasteiger partial charge in [-0.05, 0) is 65.7 Å². The Hall–Kier alpha value is -7.05. The van der Waals surface area contributed by atoms with Gasteiger partial charge in [0.25, 0.3) is 0 Å². The fourth-order valence-electron chi connectivity index (χ4n) is 8.60. The third kappa shape index (κ3) is 4.42. The summed E-state index contributed by atoms with van der Waals surface area (Å²) in [6.45, 7) is 0. The summed E-state index contributed by atoms with van der Waals surface area (Å²) < 4.78 is 4.73. The zero-order valence-electron chi connectivity index (χ0n) is 28.7. The number of fused-ring (bicyclic) bond motifs is 10. The summed E-state index contributed by atoms with van der Waals surface area (Å²) >= 11 is 0. The Morgan fingerprint density at radius 1 is 0.528 bits per heavy atom. The van der Waals surface area contributed by atoms with Gasteiger partial charge in [0.05, 0.1) is 28.3 Å². The van der Waals surface area contributed by atoms with Gasteiger partial charge in [-0.15, -0.1) is 0 Å². The second-order valence-electron chi connectivity index (χ2n) is 13.6. The number of aromatic nitrogens is 5. The quantitative estimate of drug-likeness (QED) is 0.182. The molecular formula is C47H32N6. The second kappa shape index (κ2) is 11.8. The van der Waals surface area contributed by atoms with E-state index in [1.54, 1.807) is 0 Å². The van der Waals surface area contributed by atoms with E-state index in [4.69, 9.17) is 9.97 Å². The number of para-hydroxylation sites is 2. The molecule has 6 heteroatoms. The van der Waals surface area contributed by atoms with Crippen molar-refractivity contribution < 1.29 is 0 Å². The van der Waals surface area contributed by atoms with Gasteiger partial charge in [-0.1, -0.05) is 109 Å². The molecule has 0 spiro atoms. The van der Waals surface area contributed by atoms with E-state index in [9.17, 15) is 0 Å². The minimum Gasteiger partial charge on any atom is -0.331 e. The Morgan fingerprint density at radius 2 is 1.25 bits per heavy atom. The Labute approximate surface area is 306 Å². The Balaban J connectivity index is 1.34. The van der Waals surface area contributed by atoms with Crippen molar-refractivity contribution in [3.8, 4) is 34.0 Å². The van der Waals surface area contributed by atoms with Crippen molar-refractivity contribution in [1.29, 1.82) is 0 Å². The van der Waals surface area contributed by atoms with Crippen LogP contribution in [0, 0.1) is 0 Å². The molecule has 4 aromatic heterocycles. The standard InChI is InChI=1S/C47H32N6/c1-3-13-31(14-4-1)32-22-24-35(25-23-32)52-39-20-10-8-18-37(39)42-44-41(36-17-7-9-19-38(36)51(44)34-15-5-2-6-16-34)43-46(45(42)52)53(40-21-11-12-28-49-40)47(50-43)33-26-29-48-30-27-33/h1-30,37,39H. The third-order valence-electron chi connectivity index (χ3n) is 10.8. The number of pyridine rings is 2. The van der Waals surface area contributed by atoms with Crippen molar-refractivity contribution in [2.45, 2.75) is 12.0 Å². The largest absolute Gasteiger partial charge is 0.331 e. The molecular weight excluding hydrogens is 649 g/mol. The Kier molecular flexibility index (Phi) is 6.58. The molecule has 0 N–H and O–H groups in total. The van der Waals surface area contributed by atoms with Gasteiger partial charge in [0, 0.05) is 57.8 Å². The zero-order valence-corrected chi connectivity index (χ0v) is 28.7. The summed E-state index contributed by atoms with van der Waals surface area (Å²) in [6.07, 6.45) is 14.7. The molecule has 250 valence electrons. The average Bonchev–Trinajstić information content (AvgIpc) is 3.91. The van der Waals surface area contributed by atoms with E-state index >= 15 is 0 Å². The summed E-state index contributed by atoms with van der Waals surface area (Å²) in [7, 11) is 0. The summed E-state index contributed by atoms with van der Waals surface area (Å²) in [6, 6.07) is 49.4. The van der Waals surface area contributed by atoms with Crippen LogP contribution in [0.1, 0.15) is 11.5 Å². The lowest BCUT2D eigenvalue weighted by atomic mass is 9.89. The third-order valence-corrected chi connectivity index (χ3v) is 10.8. The molecule has 1 aliphatic carbocycles. The van der Waals surface area contributed by atoms with Crippen LogP contribution < -0.4 is 4.90 Å². The minimum atomic E-state index is 0.0464. The van der Waals surface area contributed by atoms with Crippen molar-refractivity contribution in [3.05, 3.63) is 188 Å². The number of imidazole rings is 1. The van der Waals surface area contributed by atoms with E-state index < -0.39 is 0 Å². The van der Waals surface area contributed by atoms with Crippen LogP contribution in [0.15, 0.2) is 182 Å². The molecule has 5 heterocycles. The van der Waals surface area contributed by atoms with Crippen molar-refractivity contribution in [2.75, 3.05) is 4.90 Å². The van der Waals surface area contributed by atoms with Crippen molar-refractivity contribution in [3.63, 3.8) is 0 Å². The van der Waals surface area contributed by atoms with Crippen molar-refractivity contribution >= 4 is 44.2 Å². The molecule has 11 rings (SSSR count). The maximum atomic E-state index is 5.64. The van der Waals surface area contributed by atoms with Crippen LogP contribution in [0.3, 0.4) is 0 Å². The first-order valence-corrected chi connectivity index (χ1v) is 18.0. The maximum absolute atomic E-state index is 5.64. The van der Waals surface area contributed by atoms with E-state index in [-0.39, 0.29) is 12.0 Å². The first-order valence-electron chi connectivity index (χ1n) is 18.0. The molecule has 2 aliphatic rings. The van der Waals surface area contributed by atoms with Gasteiger partial charge in [0.2, 0.25) is 0 Å². The lowest BCUT2D eigenvalue weighted by molar-refractivity contribution is 0.746. The number of nitrogens with zero attached hydrogens (tertiary/aromatic N) is 6. The van der Waals surface area contributed by atoms with E-state index in [1.165, 1.54) is 27.6 Å². The summed E-state index contributed by atoms with van der Waals surface area (Å²) in [4.78, 5) is 17.5. The molecule has 5 aromatic carbocycles. The Bertz CT molecular complexity index is 2870. The van der Waals surface area contributed by atoms with Crippen LogP contribution >= 0.6 is 0 Å². The average molecular weight is 681 g/mol. The lowest BCUT2D eigenvalue weighted by Gasteiger charge is -2.29. The van der Waals surface area contributed by atoms with E-state index in [2.05, 4.69) is 165 Å². The summed E-state index contributed by atoms with van der Waals surface area (Å²) in [5.41, 5.74) is 12.4. The van der Waals surface area contributed by atoms with Gasteiger partial charge in [0.15, 0.2) is 0 Å². The topological polar surface area (TPSA) is 51.8 Å². The van der Waals surface area contributed by atoms with Gasteiger partial charge >= 0.3 is 0 Å². The van der Waals surface area contributed by atoms with Gasteiger partial charge in [0.1, 0.15) is 17.2 Å². The lowest BCUT2D eigenvalue weighted by Crippen LogP contribution is -2.28. The van der Waals surface area contributed by atoms with E-state index in [1.807, 2.05) is 36.8 Å². The molecule has 0 bridgehead atoms. The second-order valence-corrected chi connectivity index (χ2v) is 13.6.